The van der Waals surface area contributed by atoms with E-state index in [-0.39, 0.29) is 5.91 Å². The zero-order valence-corrected chi connectivity index (χ0v) is 15.3. The maximum atomic E-state index is 12.3. The van der Waals surface area contributed by atoms with E-state index in [0.717, 1.165) is 31.9 Å². The number of carbonyl (C=O) groups excluding carboxylic acids is 1. The van der Waals surface area contributed by atoms with Gasteiger partial charge in [0, 0.05) is 19.5 Å². The molecule has 0 spiro atoms. The van der Waals surface area contributed by atoms with Gasteiger partial charge in [-0.1, -0.05) is 20.3 Å². The second-order valence-corrected chi connectivity index (χ2v) is 6.54. The lowest BCUT2D eigenvalue weighted by Crippen LogP contribution is -2.34. The second kappa shape index (κ2) is 7.82. The Morgan fingerprint density at radius 2 is 2.20 bits per heavy atom. The maximum Gasteiger partial charge on any atom is 0.289 e. The van der Waals surface area contributed by atoms with Crippen LogP contribution in [0.2, 0.25) is 0 Å². The Labute approximate surface area is 148 Å². The smallest absolute Gasteiger partial charge is 0.289 e. The van der Waals surface area contributed by atoms with E-state index in [1.165, 1.54) is 18.5 Å². The molecule has 1 amide bonds. The molecule has 7 heteroatoms. The van der Waals surface area contributed by atoms with Crippen molar-refractivity contribution >= 4 is 5.91 Å². The van der Waals surface area contributed by atoms with Gasteiger partial charge in [-0.3, -0.25) is 14.4 Å². The first kappa shape index (κ1) is 17.7. The summed E-state index contributed by atoms with van der Waals surface area (Å²) in [6, 6.07) is 2.09. The van der Waals surface area contributed by atoms with Crippen LogP contribution in [-0.2, 0) is 26.1 Å². The molecule has 0 bridgehead atoms. The maximum absolute atomic E-state index is 12.3. The predicted molar refractivity (Wildman–Crippen MR) is 94.2 cm³/mol. The molecule has 1 N–H and O–H groups in total. The molecule has 3 heterocycles. The number of hydrogen-bond donors (Lipinski definition) is 1. The van der Waals surface area contributed by atoms with Crippen molar-refractivity contribution in [2.24, 2.45) is 0 Å². The third-order valence-corrected chi connectivity index (χ3v) is 4.54. The molecule has 7 nitrogen and oxygen atoms in total. The summed E-state index contributed by atoms with van der Waals surface area (Å²) in [5.41, 5.74) is 2.73. The summed E-state index contributed by atoms with van der Waals surface area (Å²) in [5.74, 6) is 0.652. The van der Waals surface area contributed by atoms with Crippen LogP contribution in [0.3, 0.4) is 0 Å². The first-order chi connectivity index (χ1) is 12.1. The molecule has 0 fully saturated rings. The SMILES string of the molecule is CCCCN1CCn2nc(CNC(=O)c3oc(CC)nc3C)cc2C1. The molecule has 1 aliphatic rings. The van der Waals surface area contributed by atoms with Crippen molar-refractivity contribution in [1.29, 1.82) is 0 Å². The van der Waals surface area contributed by atoms with Gasteiger partial charge in [-0.15, -0.1) is 0 Å². The van der Waals surface area contributed by atoms with Crippen LogP contribution < -0.4 is 5.32 Å². The number of nitrogens with one attached hydrogen (secondary N) is 1. The number of aryl methyl sites for hydroxylation is 2. The highest BCUT2D eigenvalue weighted by molar-refractivity contribution is 5.92. The van der Waals surface area contributed by atoms with Crippen molar-refractivity contribution in [3.8, 4) is 0 Å². The summed E-state index contributed by atoms with van der Waals surface area (Å²) < 4.78 is 7.55. The molecular formula is C18H27N5O2. The molecule has 0 unspecified atom stereocenters. The third-order valence-electron chi connectivity index (χ3n) is 4.54. The lowest BCUT2D eigenvalue weighted by atomic mass is 10.2. The normalized spacial score (nSPS) is 14.5. The summed E-state index contributed by atoms with van der Waals surface area (Å²) >= 11 is 0. The van der Waals surface area contributed by atoms with Crippen molar-refractivity contribution < 1.29 is 9.21 Å². The van der Waals surface area contributed by atoms with E-state index in [0.29, 0.717) is 30.3 Å². The molecule has 0 aromatic carbocycles. The van der Waals surface area contributed by atoms with Crippen LogP contribution in [-0.4, -0.2) is 38.7 Å². The number of hydrogen-bond acceptors (Lipinski definition) is 5. The third kappa shape index (κ3) is 4.10. The van der Waals surface area contributed by atoms with Crippen LogP contribution >= 0.6 is 0 Å². The second-order valence-electron chi connectivity index (χ2n) is 6.54. The number of rotatable bonds is 7. The molecule has 2 aromatic rings. The Kier molecular flexibility index (Phi) is 5.53. The summed E-state index contributed by atoms with van der Waals surface area (Å²) in [7, 11) is 0. The van der Waals surface area contributed by atoms with Crippen molar-refractivity contribution in [2.45, 2.75) is 59.7 Å². The number of carbonyl (C=O) groups is 1. The van der Waals surface area contributed by atoms with E-state index < -0.39 is 0 Å². The summed E-state index contributed by atoms with van der Waals surface area (Å²) in [4.78, 5) is 19.0. The monoisotopic (exact) mass is 345 g/mol. The van der Waals surface area contributed by atoms with Crippen LogP contribution in [0.15, 0.2) is 10.5 Å². The summed E-state index contributed by atoms with van der Waals surface area (Å²) in [6.45, 7) is 10.4. The van der Waals surface area contributed by atoms with Gasteiger partial charge in [0.2, 0.25) is 5.76 Å². The topological polar surface area (TPSA) is 76.2 Å². The first-order valence-electron chi connectivity index (χ1n) is 9.13. The van der Waals surface area contributed by atoms with E-state index in [9.17, 15) is 4.79 Å². The number of oxazole rings is 1. The Bertz CT molecular complexity index is 734. The zero-order chi connectivity index (χ0) is 17.8. The van der Waals surface area contributed by atoms with Gasteiger partial charge in [-0.2, -0.15) is 5.10 Å². The zero-order valence-electron chi connectivity index (χ0n) is 15.3. The lowest BCUT2D eigenvalue weighted by molar-refractivity contribution is 0.0920. The minimum absolute atomic E-state index is 0.236. The summed E-state index contributed by atoms with van der Waals surface area (Å²) in [5, 5.41) is 7.49. The molecule has 0 aliphatic carbocycles. The van der Waals surface area contributed by atoms with Crippen LogP contribution in [0.25, 0.3) is 0 Å². The minimum Gasteiger partial charge on any atom is -0.435 e. The Hall–Kier alpha value is -2.15. The van der Waals surface area contributed by atoms with E-state index in [1.807, 2.05) is 6.92 Å². The average Bonchev–Trinajstić information content (AvgIpc) is 3.20. The highest BCUT2D eigenvalue weighted by atomic mass is 16.4. The molecule has 0 radical (unpaired) electrons. The molecule has 136 valence electrons. The van der Waals surface area contributed by atoms with Crippen molar-refractivity contribution in [3.63, 3.8) is 0 Å². The first-order valence-corrected chi connectivity index (χ1v) is 9.13. The standard InChI is InChI=1S/C18H27N5O2/c1-4-6-7-22-8-9-23-15(12-22)10-14(21-23)11-19-18(24)17-13(3)20-16(5-2)25-17/h10H,4-9,11-12H2,1-3H3,(H,19,24). The number of unbranched alkanes of at least 4 members (excludes halogenated alkanes) is 1. The van der Waals surface area contributed by atoms with Crippen LogP contribution in [0.5, 0.6) is 0 Å². The van der Waals surface area contributed by atoms with Gasteiger partial charge in [0.1, 0.15) is 0 Å². The fraction of sp³-hybridized carbons (Fsp3) is 0.611. The largest absolute Gasteiger partial charge is 0.435 e. The van der Waals surface area contributed by atoms with Gasteiger partial charge in [0.05, 0.1) is 30.2 Å². The fourth-order valence-corrected chi connectivity index (χ4v) is 3.10. The minimum atomic E-state index is -0.236. The molecule has 2 aromatic heterocycles. The Morgan fingerprint density at radius 1 is 1.36 bits per heavy atom. The number of nitrogens with zero attached hydrogens (tertiary/aromatic N) is 4. The van der Waals surface area contributed by atoms with E-state index in [2.05, 4.69) is 38.0 Å². The molecular weight excluding hydrogens is 318 g/mol. The molecule has 3 rings (SSSR count). The van der Waals surface area contributed by atoms with Crippen LogP contribution in [0, 0.1) is 6.92 Å². The quantitative estimate of drug-likeness (QED) is 0.833. The number of aromatic nitrogens is 3. The van der Waals surface area contributed by atoms with Gasteiger partial charge in [-0.05, 0) is 26.0 Å². The van der Waals surface area contributed by atoms with E-state index in [1.54, 1.807) is 6.92 Å². The average molecular weight is 345 g/mol. The van der Waals surface area contributed by atoms with Gasteiger partial charge < -0.3 is 9.73 Å². The highest BCUT2D eigenvalue weighted by Crippen LogP contribution is 2.15. The van der Waals surface area contributed by atoms with Crippen molar-refractivity contribution in [2.75, 3.05) is 13.1 Å². The van der Waals surface area contributed by atoms with Crippen LogP contribution in [0.1, 0.15) is 60.2 Å². The molecule has 25 heavy (non-hydrogen) atoms. The van der Waals surface area contributed by atoms with Gasteiger partial charge in [0.15, 0.2) is 5.89 Å². The predicted octanol–water partition coefficient (Wildman–Crippen LogP) is 2.29. The molecule has 0 saturated heterocycles. The van der Waals surface area contributed by atoms with Crippen molar-refractivity contribution in [1.82, 2.24) is 25.0 Å². The van der Waals surface area contributed by atoms with Gasteiger partial charge in [0.25, 0.3) is 5.91 Å². The molecule has 0 atom stereocenters. The highest BCUT2D eigenvalue weighted by Gasteiger charge is 2.20. The Morgan fingerprint density at radius 3 is 2.92 bits per heavy atom. The van der Waals surface area contributed by atoms with Gasteiger partial charge >= 0.3 is 0 Å². The fourth-order valence-electron chi connectivity index (χ4n) is 3.10. The lowest BCUT2D eigenvalue weighted by Gasteiger charge is -2.27. The van der Waals surface area contributed by atoms with Gasteiger partial charge in [-0.25, -0.2) is 4.98 Å². The Balaban J connectivity index is 1.58. The van der Waals surface area contributed by atoms with E-state index >= 15 is 0 Å². The van der Waals surface area contributed by atoms with Crippen LogP contribution in [0.4, 0.5) is 0 Å². The van der Waals surface area contributed by atoms with Crippen molar-refractivity contribution in [3.05, 3.63) is 34.8 Å². The van der Waals surface area contributed by atoms with E-state index in [4.69, 9.17) is 4.42 Å². The number of amides is 1. The number of fused-ring (bicyclic) bond motifs is 1. The molecule has 1 aliphatic heterocycles. The summed E-state index contributed by atoms with van der Waals surface area (Å²) in [6.07, 6.45) is 3.12. The molecule has 0 saturated carbocycles.